The van der Waals surface area contributed by atoms with Gasteiger partial charge in [0, 0.05) is 5.56 Å². The molecule has 0 aliphatic rings. The summed E-state index contributed by atoms with van der Waals surface area (Å²) in [4.78, 5) is 24.6. The Balaban J connectivity index is 2.51. The first-order valence-electron chi connectivity index (χ1n) is 4.50. The molecular formula is C10H8N4O2. The zero-order chi connectivity index (χ0) is 11.5. The van der Waals surface area contributed by atoms with Crippen molar-refractivity contribution >= 4 is 5.91 Å². The average molecular weight is 216 g/mol. The van der Waals surface area contributed by atoms with Gasteiger partial charge < -0.3 is 10.7 Å². The van der Waals surface area contributed by atoms with Crippen molar-refractivity contribution in [1.29, 1.82) is 0 Å². The van der Waals surface area contributed by atoms with Crippen LogP contribution in [0.1, 0.15) is 10.5 Å². The second-order valence-electron chi connectivity index (χ2n) is 3.08. The first kappa shape index (κ1) is 10.0. The van der Waals surface area contributed by atoms with Crippen LogP contribution in [0.5, 0.6) is 0 Å². The summed E-state index contributed by atoms with van der Waals surface area (Å²) in [6.45, 7) is 0. The van der Waals surface area contributed by atoms with Gasteiger partial charge in [0.15, 0.2) is 5.82 Å². The molecule has 0 aliphatic carbocycles. The summed E-state index contributed by atoms with van der Waals surface area (Å²) in [6, 6.07) is 8.98. The maximum Gasteiger partial charge on any atom is 0.283 e. The van der Waals surface area contributed by atoms with Gasteiger partial charge in [-0.05, 0) is 0 Å². The van der Waals surface area contributed by atoms with Crippen molar-refractivity contribution in [2.75, 3.05) is 0 Å². The normalized spacial score (nSPS) is 10.0. The molecule has 6 nitrogen and oxygen atoms in total. The van der Waals surface area contributed by atoms with Crippen molar-refractivity contribution in [3.63, 3.8) is 0 Å². The van der Waals surface area contributed by atoms with E-state index >= 15 is 0 Å². The molecule has 0 saturated carbocycles. The van der Waals surface area contributed by atoms with Crippen molar-refractivity contribution in [2.24, 2.45) is 5.73 Å². The number of rotatable bonds is 2. The van der Waals surface area contributed by atoms with E-state index in [4.69, 9.17) is 5.73 Å². The van der Waals surface area contributed by atoms with Crippen LogP contribution in [-0.4, -0.2) is 21.1 Å². The molecule has 80 valence electrons. The lowest BCUT2D eigenvalue weighted by atomic mass is 10.2. The monoisotopic (exact) mass is 216 g/mol. The maximum atomic E-state index is 11.4. The Morgan fingerprint density at radius 1 is 1.19 bits per heavy atom. The van der Waals surface area contributed by atoms with Crippen LogP contribution in [0.15, 0.2) is 35.1 Å². The quantitative estimate of drug-likeness (QED) is 0.733. The molecule has 16 heavy (non-hydrogen) atoms. The van der Waals surface area contributed by atoms with E-state index in [1.807, 2.05) is 6.07 Å². The largest absolute Gasteiger partial charge is 0.364 e. The van der Waals surface area contributed by atoms with E-state index in [0.717, 1.165) is 0 Å². The minimum absolute atomic E-state index is 0.301. The van der Waals surface area contributed by atoms with E-state index in [2.05, 4.69) is 15.2 Å². The number of amides is 1. The van der Waals surface area contributed by atoms with E-state index in [9.17, 15) is 9.59 Å². The van der Waals surface area contributed by atoms with Crippen molar-refractivity contribution in [2.45, 2.75) is 0 Å². The number of aromatic nitrogens is 3. The zero-order valence-electron chi connectivity index (χ0n) is 8.18. The molecule has 1 aromatic carbocycles. The highest BCUT2D eigenvalue weighted by Gasteiger charge is 2.10. The van der Waals surface area contributed by atoms with Crippen LogP contribution in [0.3, 0.4) is 0 Å². The Hall–Kier alpha value is -2.50. The lowest BCUT2D eigenvalue weighted by Gasteiger charge is -1.99. The minimum Gasteiger partial charge on any atom is -0.364 e. The van der Waals surface area contributed by atoms with Crippen LogP contribution in [0, 0.1) is 0 Å². The molecule has 1 heterocycles. The molecule has 2 rings (SSSR count). The van der Waals surface area contributed by atoms with E-state index in [-0.39, 0.29) is 5.69 Å². The zero-order valence-corrected chi connectivity index (χ0v) is 8.18. The standard InChI is InChI=1S/C10H8N4O2/c11-8(15)7-10(16)12-9(14-13-7)6-4-2-1-3-5-6/h1-5H,(H2,11,15)(H,12,14,16). The molecule has 0 radical (unpaired) electrons. The summed E-state index contributed by atoms with van der Waals surface area (Å²) in [6.07, 6.45) is 0. The van der Waals surface area contributed by atoms with E-state index in [0.29, 0.717) is 11.4 Å². The summed E-state index contributed by atoms with van der Waals surface area (Å²) >= 11 is 0. The Kier molecular flexibility index (Phi) is 2.47. The van der Waals surface area contributed by atoms with Crippen LogP contribution in [0.4, 0.5) is 0 Å². The number of nitrogens with zero attached hydrogens (tertiary/aromatic N) is 2. The van der Waals surface area contributed by atoms with Crippen LogP contribution in [0.25, 0.3) is 11.4 Å². The van der Waals surface area contributed by atoms with Gasteiger partial charge in [0.05, 0.1) is 0 Å². The third kappa shape index (κ3) is 1.81. The molecule has 0 unspecified atom stereocenters. The van der Waals surface area contributed by atoms with Crippen LogP contribution in [-0.2, 0) is 0 Å². The van der Waals surface area contributed by atoms with Crippen molar-refractivity contribution in [3.8, 4) is 11.4 Å². The first-order chi connectivity index (χ1) is 7.68. The van der Waals surface area contributed by atoms with E-state index in [1.54, 1.807) is 24.3 Å². The number of aromatic amines is 1. The smallest absolute Gasteiger partial charge is 0.283 e. The van der Waals surface area contributed by atoms with Crippen molar-refractivity contribution in [3.05, 3.63) is 46.4 Å². The van der Waals surface area contributed by atoms with Gasteiger partial charge in [0.2, 0.25) is 5.69 Å². The SMILES string of the molecule is NC(=O)c1nnc(-c2ccccc2)[nH]c1=O. The highest BCUT2D eigenvalue weighted by atomic mass is 16.2. The van der Waals surface area contributed by atoms with Gasteiger partial charge in [-0.3, -0.25) is 9.59 Å². The number of benzene rings is 1. The van der Waals surface area contributed by atoms with Crippen molar-refractivity contribution < 1.29 is 4.79 Å². The molecule has 0 aliphatic heterocycles. The third-order valence-electron chi connectivity index (χ3n) is 1.98. The summed E-state index contributed by atoms with van der Waals surface area (Å²) < 4.78 is 0. The van der Waals surface area contributed by atoms with Gasteiger partial charge in [0.25, 0.3) is 11.5 Å². The predicted octanol–water partition coefficient (Wildman–Crippen LogP) is -0.0692. The molecule has 0 fully saturated rings. The maximum absolute atomic E-state index is 11.4. The summed E-state index contributed by atoms with van der Waals surface area (Å²) in [5.41, 5.74) is 4.63. The number of primary amides is 1. The molecule has 6 heteroatoms. The molecule has 0 saturated heterocycles. The molecular weight excluding hydrogens is 208 g/mol. The van der Waals surface area contributed by atoms with Gasteiger partial charge in [0.1, 0.15) is 0 Å². The van der Waals surface area contributed by atoms with Gasteiger partial charge in [-0.15, -0.1) is 10.2 Å². The lowest BCUT2D eigenvalue weighted by molar-refractivity contribution is 0.0993. The van der Waals surface area contributed by atoms with Gasteiger partial charge in [-0.25, -0.2) is 0 Å². The molecule has 2 aromatic rings. The Morgan fingerprint density at radius 2 is 1.88 bits per heavy atom. The van der Waals surface area contributed by atoms with Crippen molar-refractivity contribution in [1.82, 2.24) is 15.2 Å². The van der Waals surface area contributed by atoms with Crippen LogP contribution >= 0.6 is 0 Å². The first-order valence-corrected chi connectivity index (χ1v) is 4.50. The Labute approximate surface area is 90.1 Å². The number of carbonyl (C=O) groups is 1. The fourth-order valence-electron chi connectivity index (χ4n) is 1.22. The second kappa shape index (κ2) is 3.93. The number of carbonyl (C=O) groups excluding carboxylic acids is 1. The van der Waals surface area contributed by atoms with Crippen LogP contribution in [0.2, 0.25) is 0 Å². The third-order valence-corrected chi connectivity index (χ3v) is 1.98. The molecule has 3 N–H and O–H groups in total. The molecule has 1 aromatic heterocycles. The number of hydrogen-bond donors (Lipinski definition) is 2. The fourth-order valence-corrected chi connectivity index (χ4v) is 1.22. The average Bonchev–Trinajstić information content (AvgIpc) is 2.29. The van der Waals surface area contributed by atoms with E-state index < -0.39 is 11.5 Å². The van der Waals surface area contributed by atoms with Gasteiger partial charge in [-0.1, -0.05) is 30.3 Å². The predicted molar refractivity (Wildman–Crippen MR) is 56.6 cm³/mol. The second-order valence-corrected chi connectivity index (χ2v) is 3.08. The number of nitrogens with one attached hydrogen (secondary N) is 1. The fraction of sp³-hybridized carbons (Fsp3) is 0. The number of nitrogens with two attached hydrogens (primary N) is 1. The number of hydrogen-bond acceptors (Lipinski definition) is 4. The summed E-state index contributed by atoms with van der Waals surface area (Å²) in [5.74, 6) is -0.594. The Morgan fingerprint density at radius 3 is 2.44 bits per heavy atom. The molecule has 1 amide bonds. The highest BCUT2D eigenvalue weighted by Crippen LogP contribution is 2.10. The topological polar surface area (TPSA) is 102 Å². The number of H-pyrrole nitrogens is 1. The summed E-state index contributed by atoms with van der Waals surface area (Å²) in [5, 5.41) is 7.21. The van der Waals surface area contributed by atoms with Gasteiger partial charge in [-0.2, -0.15) is 0 Å². The summed E-state index contributed by atoms with van der Waals surface area (Å²) in [7, 11) is 0. The molecule has 0 atom stereocenters. The Bertz CT molecular complexity index is 577. The molecule has 0 spiro atoms. The minimum atomic E-state index is -0.895. The lowest BCUT2D eigenvalue weighted by Crippen LogP contribution is -2.26. The van der Waals surface area contributed by atoms with Crippen LogP contribution < -0.4 is 11.3 Å². The highest BCUT2D eigenvalue weighted by molar-refractivity contribution is 5.90. The van der Waals surface area contributed by atoms with Gasteiger partial charge >= 0.3 is 0 Å². The molecule has 0 bridgehead atoms. The van der Waals surface area contributed by atoms with E-state index in [1.165, 1.54) is 0 Å².